The molecule has 13 heteroatoms. The van der Waals surface area contributed by atoms with Crippen LogP contribution >= 0.6 is 11.6 Å². The quantitative estimate of drug-likeness (QED) is 0.660. The molecule has 2 heterocycles. The fourth-order valence-corrected chi connectivity index (χ4v) is 4.39. The molecular formula is C16H15ClF2N6O3S. The fourth-order valence-electron chi connectivity index (χ4n) is 2.82. The van der Waals surface area contributed by atoms with Crippen molar-refractivity contribution in [3.63, 3.8) is 0 Å². The van der Waals surface area contributed by atoms with Crippen molar-refractivity contribution in [2.45, 2.75) is 12.5 Å². The minimum atomic E-state index is -3.94. The van der Waals surface area contributed by atoms with E-state index in [1.54, 1.807) is 0 Å². The number of nitrogens with one attached hydrogen (secondary N) is 3. The molecule has 0 aliphatic carbocycles. The number of aromatic nitrogens is 2. The van der Waals surface area contributed by atoms with E-state index in [1.165, 1.54) is 26.1 Å². The molecule has 1 saturated heterocycles. The van der Waals surface area contributed by atoms with E-state index in [9.17, 15) is 22.0 Å². The third kappa shape index (κ3) is 3.98. The SMILES string of the molecule is CN1C(=N)N[C@](C)(c2cc(NC(=O)c3ccc(Cl)nn3)cc(F)c2F)CS1(=O)=O. The largest absolute Gasteiger partial charge is 0.345 e. The van der Waals surface area contributed by atoms with Crippen LogP contribution in [0.3, 0.4) is 0 Å². The molecule has 9 nitrogen and oxygen atoms in total. The summed E-state index contributed by atoms with van der Waals surface area (Å²) >= 11 is 5.61. The van der Waals surface area contributed by atoms with Crippen LogP contribution in [-0.2, 0) is 15.6 Å². The van der Waals surface area contributed by atoms with Crippen LogP contribution in [0.1, 0.15) is 23.0 Å². The van der Waals surface area contributed by atoms with Gasteiger partial charge in [-0.2, -0.15) is 0 Å². The van der Waals surface area contributed by atoms with Gasteiger partial charge >= 0.3 is 0 Å². The first-order valence-corrected chi connectivity index (χ1v) is 10.0. The van der Waals surface area contributed by atoms with Gasteiger partial charge in [0.2, 0.25) is 16.0 Å². The van der Waals surface area contributed by atoms with Gasteiger partial charge in [-0.25, -0.2) is 21.5 Å². The van der Waals surface area contributed by atoms with Crippen molar-refractivity contribution >= 4 is 39.2 Å². The molecular weight excluding hydrogens is 430 g/mol. The lowest BCUT2D eigenvalue weighted by atomic mass is 9.92. The highest BCUT2D eigenvalue weighted by atomic mass is 35.5. The number of benzene rings is 1. The number of rotatable bonds is 3. The normalized spacial score (nSPS) is 20.9. The Morgan fingerprint density at radius 3 is 2.62 bits per heavy atom. The Bertz CT molecular complexity index is 1110. The van der Waals surface area contributed by atoms with Crippen molar-refractivity contribution in [3.05, 3.63) is 52.3 Å². The summed E-state index contributed by atoms with van der Waals surface area (Å²) in [5, 5.41) is 19.9. The van der Waals surface area contributed by atoms with Crippen LogP contribution in [0.25, 0.3) is 0 Å². The number of guanidine groups is 1. The molecule has 29 heavy (non-hydrogen) atoms. The first-order valence-electron chi connectivity index (χ1n) is 8.06. The maximum atomic E-state index is 14.5. The van der Waals surface area contributed by atoms with Gasteiger partial charge < -0.3 is 10.6 Å². The topological polar surface area (TPSA) is 128 Å². The summed E-state index contributed by atoms with van der Waals surface area (Å²) in [6, 6.07) is 4.47. The summed E-state index contributed by atoms with van der Waals surface area (Å²) in [5.41, 5.74) is -2.26. The van der Waals surface area contributed by atoms with Gasteiger partial charge in [-0.3, -0.25) is 10.2 Å². The number of nitrogens with zero attached hydrogens (tertiary/aromatic N) is 3. The van der Waals surface area contributed by atoms with Crippen molar-refractivity contribution in [2.75, 3.05) is 18.1 Å². The van der Waals surface area contributed by atoms with Crippen molar-refractivity contribution in [1.29, 1.82) is 5.41 Å². The number of sulfonamides is 1. The molecule has 0 unspecified atom stereocenters. The number of amides is 1. The van der Waals surface area contributed by atoms with E-state index in [0.29, 0.717) is 4.31 Å². The highest BCUT2D eigenvalue weighted by molar-refractivity contribution is 7.89. The Balaban J connectivity index is 1.99. The molecule has 1 amide bonds. The molecule has 1 aromatic carbocycles. The maximum Gasteiger partial charge on any atom is 0.276 e. The van der Waals surface area contributed by atoms with Gasteiger partial charge in [0.25, 0.3) is 5.91 Å². The van der Waals surface area contributed by atoms with Crippen LogP contribution in [0, 0.1) is 17.0 Å². The van der Waals surface area contributed by atoms with Crippen LogP contribution < -0.4 is 10.6 Å². The summed E-state index contributed by atoms with van der Waals surface area (Å²) in [6.07, 6.45) is 0. The Kier molecular flexibility index (Phi) is 5.17. The lowest BCUT2D eigenvalue weighted by Crippen LogP contribution is -2.61. The standard InChI is InChI=1S/C16H15ClF2N6O3S/c1-16(7-29(27,28)25(2)15(20)22-16)9-5-8(6-10(18)13(9)19)21-14(26)11-3-4-12(17)24-23-11/h3-6H,7H2,1-2H3,(H2,20,22)(H,21,26)/t16-/m0/s1. The number of halogens is 3. The molecule has 3 rings (SSSR count). The van der Waals surface area contributed by atoms with E-state index >= 15 is 0 Å². The number of anilines is 1. The van der Waals surface area contributed by atoms with Crippen LogP contribution in [-0.4, -0.2) is 47.6 Å². The average Bonchev–Trinajstić information content (AvgIpc) is 2.62. The van der Waals surface area contributed by atoms with Crippen LogP contribution in [0.15, 0.2) is 24.3 Å². The lowest BCUT2D eigenvalue weighted by Gasteiger charge is -2.40. The number of hydrogen-bond acceptors (Lipinski definition) is 6. The van der Waals surface area contributed by atoms with Crippen molar-refractivity contribution < 1.29 is 22.0 Å². The van der Waals surface area contributed by atoms with E-state index in [4.69, 9.17) is 17.0 Å². The molecule has 0 spiro atoms. The molecule has 1 aromatic heterocycles. The Hall–Kier alpha value is -2.86. The van der Waals surface area contributed by atoms with Gasteiger partial charge in [0.15, 0.2) is 22.5 Å². The van der Waals surface area contributed by atoms with E-state index < -0.39 is 44.8 Å². The monoisotopic (exact) mass is 444 g/mol. The van der Waals surface area contributed by atoms with Gasteiger partial charge in [-0.05, 0) is 25.1 Å². The Labute approximate surface area is 169 Å². The summed E-state index contributed by atoms with van der Waals surface area (Å²) in [4.78, 5) is 12.3. The maximum absolute atomic E-state index is 14.5. The zero-order chi connectivity index (χ0) is 21.6. The fraction of sp³-hybridized carbons (Fsp3) is 0.250. The highest BCUT2D eigenvalue weighted by Gasteiger charge is 2.44. The molecule has 2 aromatic rings. The summed E-state index contributed by atoms with van der Waals surface area (Å²) < 4.78 is 54.0. The molecule has 1 aliphatic heterocycles. The second kappa shape index (κ2) is 7.19. The molecule has 0 saturated carbocycles. The minimum Gasteiger partial charge on any atom is -0.345 e. The van der Waals surface area contributed by atoms with Crippen molar-refractivity contribution in [3.8, 4) is 0 Å². The van der Waals surface area contributed by atoms with Gasteiger partial charge in [0.1, 0.15) is 0 Å². The molecule has 0 radical (unpaired) electrons. The predicted octanol–water partition coefficient (Wildman–Crippen LogP) is 1.68. The van der Waals surface area contributed by atoms with Gasteiger partial charge in [-0.1, -0.05) is 11.6 Å². The van der Waals surface area contributed by atoms with Crippen molar-refractivity contribution in [1.82, 2.24) is 19.8 Å². The third-order valence-electron chi connectivity index (χ3n) is 4.34. The Morgan fingerprint density at radius 2 is 2.03 bits per heavy atom. The molecule has 1 fully saturated rings. The predicted molar refractivity (Wildman–Crippen MR) is 101 cm³/mol. The second-order valence-electron chi connectivity index (χ2n) is 6.54. The average molecular weight is 445 g/mol. The first kappa shape index (κ1) is 20.9. The number of hydrogen-bond donors (Lipinski definition) is 3. The first-order chi connectivity index (χ1) is 13.4. The zero-order valence-electron chi connectivity index (χ0n) is 15.1. The number of carbonyl (C=O) groups excluding carboxylic acids is 1. The van der Waals surface area contributed by atoms with Crippen LogP contribution in [0.4, 0.5) is 14.5 Å². The molecule has 1 aliphatic rings. The molecule has 1 atom stereocenters. The second-order valence-corrected chi connectivity index (χ2v) is 8.93. The highest BCUT2D eigenvalue weighted by Crippen LogP contribution is 2.32. The Morgan fingerprint density at radius 1 is 1.34 bits per heavy atom. The summed E-state index contributed by atoms with van der Waals surface area (Å²) in [6.45, 7) is 1.32. The van der Waals surface area contributed by atoms with Gasteiger partial charge in [0.05, 0.1) is 11.3 Å². The molecule has 0 bridgehead atoms. The van der Waals surface area contributed by atoms with Gasteiger partial charge in [-0.15, -0.1) is 10.2 Å². The lowest BCUT2D eigenvalue weighted by molar-refractivity contribution is 0.102. The summed E-state index contributed by atoms with van der Waals surface area (Å²) in [7, 11) is -2.77. The van der Waals surface area contributed by atoms with E-state index in [1.807, 2.05) is 0 Å². The minimum absolute atomic E-state index is 0.0709. The van der Waals surface area contributed by atoms with E-state index in [2.05, 4.69) is 20.8 Å². The van der Waals surface area contributed by atoms with E-state index in [0.717, 1.165) is 12.1 Å². The summed E-state index contributed by atoms with van der Waals surface area (Å²) in [5.74, 6) is -4.48. The zero-order valence-corrected chi connectivity index (χ0v) is 16.7. The van der Waals surface area contributed by atoms with Crippen LogP contribution in [0.5, 0.6) is 0 Å². The third-order valence-corrected chi connectivity index (χ3v) is 6.50. The van der Waals surface area contributed by atoms with Gasteiger partial charge in [0, 0.05) is 24.4 Å². The van der Waals surface area contributed by atoms with Crippen molar-refractivity contribution in [2.24, 2.45) is 0 Å². The smallest absolute Gasteiger partial charge is 0.276 e. The molecule has 154 valence electrons. The van der Waals surface area contributed by atoms with Crippen LogP contribution in [0.2, 0.25) is 5.15 Å². The number of carbonyl (C=O) groups is 1. The van der Waals surface area contributed by atoms with E-state index in [-0.39, 0.29) is 22.1 Å². The molecule has 3 N–H and O–H groups in total.